The van der Waals surface area contributed by atoms with Crippen LogP contribution in [0, 0.1) is 5.82 Å². The molecule has 1 aliphatic rings. The number of hydrogen-bond donors (Lipinski definition) is 1. The number of benzene rings is 1. The number of nitrogens with zero attached hydrogens (tertiary/aromatic N) is 1. The van der Waals surface area contributed by atoms with Gasteiger partial charge in [0, 0.05) is 12.6 Å². The molecule has 1 atom stereocenters. The van der Waals surface area contributed by atoms with Gasteiger partial charge in [0.15, 0.2) is 5.78 Å². The molecule has 0 amide bonds. The Balaban J connectivity index is 2.09. The average Bonchev–Trinajstić information content (AvgIpc) is 2.38. The molecule has 0 aromatic heterocycles. The van der Waals surface area contributed by atoms with E-state index in [0.29, 0.717) is 17.9 Å². The Morgan fingerprint density at radius 1 is 1.58 bits per heavy atom. The lowest BCUT2D eigenvalue weighted by Gasteiger charge is -2.30. The molecule has 1 aliphatic heterocycles. The fraction of sp³-hybridized carbons (Fsp3) is 0.500. The maximum Gasteiger partial charge on any atom is 0.180 e. The molecule has 0 saturated carbocycles. The second-order valence-corrected chi connectivity index (χ2v) is 4.91. The first-order chi connectivity index (χ1) is 9.10. The van der Waals surface area contributed by atoms with Gasteiger partial charge < -0.3 is 10.5 Å². The van der Waals surface area contributed by atoms with Crippen LogP contribution in [0.15, 0.2) is 18.2 Å². The number of carbonyl (C=O) groups is 1. The maximum atomic E-state index is 13.2. The van der Waals surface area contributed by atoms with Gasteiger partial charge in [-0.2, -0.15) is 0 Å². The molecule has 19 heavy (non-hydrogen) atoms. The first kappa shape index (κ1) is 14.0. The Morgan fingerprint density at radius 3 is 3.05 bits per heavy atom. The molecule has 1 aromatic carbocycles. The number of rotatable bonds is 4. The minimum atomic E-state index is -0.431. The van der Waals surface area contributed by atoms with Crippen molar-refractivity contribution in [2.24, 2.45) is 5.73 Å². The summed E-state index contributed by atoms with van der Waals surface area (Å²) in [6, 6.07) is 4.11. The van der Waals surface area contributed by atoms with Gasteiger partial charge in [-0.05, 0) is 37.6 Å². The molecule has 0 radical (unpaired) electrons. The number of ether oxygens (including phenoxy) is 1. The van der Waals surface area contributed by atoms with Crippen molar-refractivity contribution in [3.63, 3.8) is 0 Å². The van der Waals surface area contributed by atoms with Gasteiger partial charge in [-0.15, -0.1) is 0 Å². The monoisotopic (exact) mass is 266 g/mol. The number of ketones is 1. The second-order valence-electron chi connectivity index (χ2n) is 4.91. The molecule has 0 aliphatic carbocycles. The number of likely N-dealkylation sites (tertiary alicyclic amines) is 1. The van der Waals surface area contributed by atoms with E-state index in [1.165, 1.54) is 25.3 Å². The summed E-state index contributed by atoms with van der Waals surface area (Å²) in [7, 11) is 1.47. The van der Waals surface area contributed by atoms with E-state index in [9.17, 15) is 9.18 Å². The third-order valence-corrected chi connectivity index (χ3v) is 3.37. The fourth-order valence-electron chi connectivity index (χ4n) is 2.42. The number of methoxy groups -OCH3 is 1. The van der Waals surface area contributed by atoms with Gasteiger partial charge in [-0.25, -0.2) is 4.39 Å². The largest absolute Gasteiger partial charge is 0.496 e. The van der Waals surface area contributed by atoms with E-state index in [1.54, 1.807) is 0 Å². The SMILES string of the molecule is COc1ccc(F)cc1C(=O)CN1CCCC(N)C1. The van der Waals surface area contributed by atoms with Crippen LogP contribution in [0.25, 0.3) is 0 Å². The van der Waals surface area contributed by atoms with E-state index in [4.69, 9.17) is 10.5 Å². The van der Waals surface area contributed by atoms with Gasteiger partial charge in [-0.3, -0.25) is 9.69 Å². The Bertz CT molecular complexity index is 465. The molecular weight excluding hydrogens is 247 g/mol. The van der Waals surface area contributed by atoms with E-state index in [-0.39, 0.29) is 18.4 Å². The number of carbonyl (C=O) groups excluding carboxylic acids is 1. The highest BCUT2D eigenvalue weighted by atomic mass is 19.1. The van der Waals surface area contributed by atoms with Crippen molar-refractivity contribution in [1.82, 2.24) is 4.90 Å². The number of piperidine rings is 1. The zero-order valence-electron chi connectivity index (χ0n) is 11.1. The van der Waals surface area contributed by atoms with Crippen molar-refractivity contribution in [1.29, 1.82) is 0 Å². The predicted molar refractivity (Wildman–Crippen MR) is 70.9 cm³/mol. The van der Waals surface area contributed by atoms with E-state index < -0.39 is 5.82 Å². The Hall–Kier alpha value is -1.46. The molecule has 0 bridgehead atoms. The molecule has 2 rings (SSSR count). The van der Waals surface area contributed by atoms with Crippen molar-refractivity contribution in [2.45, 2.75) is 18.9 Å². The van der Waals surface area contributed by atoms with Gasteiger partial charge in [0.05, 0.1) is 19.2 Å². The molecule has 4 nitrogen and oxygen atoms in total. The first-order valence-corrected chi connectivity index (χ1v) is 6.45. The zero-order chi connectivity index (χ0) is 13.8. The average molecular weight is 266 g/mol. The minimum Gasteiger partial charge on any atom is -0.496 e. The summed E-state index contributed by atoms with van der Waals surface area (Å²) in [4.78, 5) is 14.2. The highest BCUT2D eigenvalue weighted by Gasteiger charge is 2.21. The zero-order valence-corrected chi connectivity index (χ0v) is 11.1. The third kappa shape index (κ3) is 3.52. The van der Waals surface area contributed by atoms with Gasteiger partial charge in [0.2, 0.25) is 0 Å². The van der Waals surface area contributed by atoms with E-state index in [2.05, 4.69) is 0 Å². The summed E-state index contributed by atoms with van der Waals surface area (Å²) in [5.41, 5.74) is 6.18. The summed E-state index contributed by atoms with van der Waals surface area (Å²) >= 11 is 0. The molecule has 5 heteroatoms. The lowest BCUT2D eigenvalue weighted by molar-refractivity contribution is 0.0904. The number of Topliss-reactive ketones (excluding diaryl/α,β-unsaturated/α-hetero) is 1. The molecule has 1 saturated heterocycles. The van der Waals surface area contributed by atoms with Gasteiger partial charge in [-0.1, -0.05) is 0 Å². The summed E-state index contributed by atoms with van der Waals surface area (Å²) in [5.74, 6) is -0.155. The normalized spacial score (nSPS) is 20.3. The van der Waals surface area contributed by atoms with Crippen molar-refractivity contribution < 1.29 is 13.9 Å². The number of nitrogens with two attached hydrogens (primary N) is 1. The molecule has 0 spiro atoms. The van der Waals surface area contributed by atoms with E-state index in [0.717, 1.165) is 19.4 Å². The first-order valence-electron chi connectivity index (χ1n) is 6.45. The van der Waals surface area contributed by atoms with Crippen LogP contribution >= 0.6 is 0 Å². The van der Waals surface area contributed by atoms with Gasteiger partial charge in [0.25, 0.3) is 0 Å². The van der Waals surface area contributed by atoms with Crippen molar-refractivity contribution in [3.8, 4) is 5.75 Å². The summed E-state index contributed by atoms with van der Waals surface area (Å²) < 4.78 is 18.3. The molecular formula is C14H19FN2O2. The van der Waals surface area contributed by atoms with Crippen LogP contribution in [0.4, 0.5) is 4.39 Å². The van der Waals surface area contributed by atoms with Crippen LogP contribution in [0.1, 0.15) is 23.2 Å². The van der Waals surface area contributed by atoms with E-state index in [1.807, 2.05) is 4.90 Å². The fourth-order valence-corrected chi connectivity index (χ4v) is 2.42. The maximum absolute atomic E-state index is 13.2. The Kier molecular flexibility index (Phi) is 4.50. The molecule has 104 valence electrons. The highest BCUT2D eigenvalue weighted by molar-refractivity contribution is 6.00. The highest BCUT2D eigenvalue weighted by Crippen LogP contribution is 2.20. The summed E-state index contributed by atoms with van der Waals surface area (Å²) in [6.45, 7) is 1.83. The lowest BCUT2D eigenvalue weighted by atomic mass is 10.0. The van der Waals surface area contributed by atoms with Crippen LogP contribution in [0.3, 0.4) is 0 Å². The van der Waals surface area contributed by atoms with Crippen LogP contribution < -0.4 is 10.5 Å². The lowest BCUT2D eigenvalue weighted by Crippen LogP contribution is -2.44. The molecule has 2 N–H and O–H groups in total. The molecule has 1 unspecified atom stereocenters. The smallest absolute Gasteiger partial charge is 0.180 e. The molecule has 1 heterocycles. The number of hydrogen-bond acceptors (Lipinski definition) is 4. The predicted octanol–water partition coefficient (Wildman–Crippen LogP) is 1.44. The summed E-state index contributed by atoms with van der Waals surface area (Å²) in [6.07, 6.45) is 1.99. The molecule has 1 aromatic rings. The van der Waals surface area contributed by atoms with E-state index >= 15 is 0 Å². The van der Waals surface area contributed by atoms with Crippen molar-refractivity contribution in [3.05, 3.63) is 29.6 Å². The second kappa shape index (κ2) is 6.12. The van der Waals surface area contributed by atoms with Crippen LogP contribution in [-0.2, 0) is 0 Å². The molecule has 1 fully saturated rings. The Labute approximate surface area is 112 Å². The van der Waals surface area contributed by atoms with Crippen molar-refractivity contribution in [2.75, 3.05) is 26.7 Å². The van der Waals surface area contributed by atoms with Crippen LogP contribution in [0.2, 0.25) is 0 Å². The third-order valence-electron chi connectivity index (χ3n) is 3.37. The minimum absolute atomic E-state index is 0.121. The topological polar surface area (TPSA) is 55.6 Å². The Morgan fingerprint density at radius 2 is 2.37 bits per heavy atom. The van der Waals surface area contributed by atoms with Gasteiger partial charge >= 0.3 is 0 Å². The van der Waals surface area contributed by atoms with Crippen LogP contribution in [-0.4, -0.2) is 43.5 Å². The van der Waals surface area contributed by atoms with Crippen molar-refractivity contribution >= 4 is 5.78 Å². The van der Waals surface area contributed by atoms with Gasteiger partial charge in [0.1, 0.15) is 11.6 Å². The number of halogens is 1. The standard InChI is InChI=1S/C14H19FN2O2/c1-19-14-5-4-10(15)7-12(14)13(18)9-17-6-2-3-11(16)8-17/h4-5,7,11H,2-3,6,8-9,16H2,1H3. The van der Waals surface area contributed by atoms with Crippen LogP contribution in [0.5, 0.6) is 5.75 Å². The quantitative estimate of drug-likeness (QED) is 0.838. The summed E-state index contributed by atoms with van der Waals surface area (Å²) in [5, 5.41) is 0.